The predicted molar refractivity (Wildman–Crippen MR) is 95.8 cm³/mol. The van der Waals surface area contributed by atoms with Crippen LogP contribution in [0.3, 0.4) is 0 Å². The van der Waals surface area contributed by atoms with E-state index in [1.54, 1.807) is 26.0 Å². The van der Waals surface area contributed by atoms with Crippen LogP contribution in [0.4, 0.5) is 4.39 Å². The van der Waals surface area contributed by atoms with Crippen LogP contribution in [0.15, 0.2) is 52.3 Å². The third-order valence-corrected chi connectivity index (χ3v) is 7.05. The molecule has 0 aliphatic carbocycles. The SMILES string of the molecule is Cc1ccc(C)c(S(=O)(=O)NNC2=CCS(=O)(=O)c3ccc(F)cc32)c1. The van der Waals surface area contributed by atoms with Crippen molar-refractivity contribution >= 4 is 25.6 Å². The van der Waals surface area contributed by atoms with Gasteiger partial charge in [0.25, 0.3) is 10.0 Å². The lowest BCUT2D eigenvalue weighted by molar-refractivity contribution is 0.575. The maximum absolute atomic E-state index is 13.6. The van der Waals surface area contributed by atoms with Gasteiger partial charge in [-0.05, 0) is 55.3 Å². The Bertz CT molecular complexity index is 1120. The second kappa shape index (κ2) is 6.49. The van der Waals surface area contributed by atoms with Crippen molar-refractivity contribution in [1.82, 2.24) is 10.3 Å². The highest BCUT2D eigenvalue weighted by Crippen LogP contribution is 2.28. The van der Waals surface area contributed by atoms with E-state index < -0.39 is 25.7 Å². The zero-order valence-corrected chi connectivity index (χ0v) is 15.7. The van der Waals surface area contributed by atoms with E-state index in [0.717, 1.165) is 17.7 Å². The van der Waals surface area contributed by atoms with Gasteiger partial charge in [0.1, 0.15) is 5.82 Å². The van der Waals surface area contributed by atoms with Crippen molar-refractivity contribution in [3.8, 4) is 0 Å². The van der Waals surface area contributed by atoms with Gasteiger partial charge in [-0.25, -0.2) is 21.2 Å². The number of fused-ring (bicyclic) bond motifs is 1. The van der Waals surface area contributed by atoms with Crippen LogP contribution in [0.5, 0.6) is 0 Å². The Balaban J connectivity index is 1.92. The van der Waals surface area contributed by atoms with Gasteiger partial charge in [-0.1, -0.05) is 12.1 Å². The molecule has 0 saturated carbocycles. The molecular formula is C17H17FN2O4S2. The van der Waals surface area contributed by atoms with Crippen molar-refractivity contribution in [2.24, 2.45) is 0 Å². The van der Waals surface area contributed by atoms with Gasteiger partial charge in [-0.15, -0.1) is 4.83 Å². The van der Waals surface area contributed by atoms with Crippen LogP contribution in [-0.4, -0.2) is 22.6 Å². The number of hydrazine groups is 1. The van der Waals surface area contributed by atoms with Crippen molar-refractivity contribution in [1.29, 1.82) is 0 Å². The summed E-state index contributed by atoms with van der Waals surface area (Å²) in [4.78, 5) is 2.30. The van der Waals surface area contributed by atoms with E-state index in [4.69, 9.17) is 0 Å². The Morgan fingerprint density at radius 1 is 1.08 bits per heavy atom. The number of hydrogen-bond donors (Lipinski definition) is 2. The van der Waals surface area contributed by atoms with Gasteiger partial charge in [0.15, 0.2) is 9.84 Å². The van der Waals surface area contributed by atoms with Crippen molar-refractivity contribution in [3.63, 3.8) is 0 Å². The van der Waals surface area contributed by atoms with Crippen LogP contribution in [0.1, 0.15) is 16.7 Å². The lowest BCUT2D eigenvalue weighted by Gasteiger charge is -2.20. The molecule has 1 aliphatic rings. The number of nitrogens with one attached hydrogen (secondary N) is 2. The highest BCUT2D eigenvalue weighted by Gasteiger charge is 2.26. The summed E-state index contributed by atoms with van der Waals surface area (Å²) in [5.74, 6) is -0.926. The van der Waals surface area contributed by atoms with Gasteiger partial charge >= 0.3 is 0 Å². The van der Waals surface area contributed by atoms with Gasteiger partial charge in [-0.2, -0.15) is 0 Å². The topological polar surface area (TPSA) is 92.3 Å². The van der Waals surface area contributed by atoms with Crippen LogP contribution >= 0.6 is 0 Å². The Morgan fingerprint density at radius 3 is 2.54 bits per heavy atom. The molecule has 2 N–H and O–H groups in total. The number of rotatable bonds is 4. The molecule has 0 radical (unpaired) electrons. The average Bonchev–Trinajstić information content (AvgIpc) is 2.56. The minimum atomic E-state index is -3.90. The summed E-state index contributed by atoms with van der Waals surface area (Å²) in [5, 5.41) is 0. The number of sulfone groups is 1. The second-order valence-electron chi connectivity index (χ2n) is 6.04. The highest BCUT2D eigenvalue weighted by atomic mass is 32.2. The lowest BCUT2D eigenvalue weighted by Crippen LogP contribution is -2.37. The summed E-state index contributed by atoms with van der Waals surface area (Å²) in [6, 6.07) is 8.31. The molecule has 0 amide bonds. The minimum absolute atomic E-state index is 0.0464. The van der Waals surface area contributed by atoms with E-state index in [2.05, 4.69) is 10.3 Å². The van der Waals surface area contributed by atoms with E-state index >= 15 is 0 Å². The zero-order chi connectivity index (χ0) is 19.1. The van der Waals surface area contributed by atoms with Crippen molar-refractivity contribution < 1.29 is 21.2 Å². The predicted octanol–water partition coefficient (Wildman–Crippen LogP) is 2.05. The molecule has 2 aromatic carbocycles. The molecule has 138 valence electrons. The number of hydrogen-bond acceptors (Lipinski definition) is 5. The molecule has 0 atom stereocenters. The van der Waals surface area contributed by atoms with Gasteiger partial charge < -0.3 is 5.43 Å². The molecule has 6 nitrogen and oxygen atoms in total. The Morgan fingerprint density at radius 2 is 1.81 bits per heavy atom. The molecule has 2 aromatic rings. The molecule has 0 bridgehead atoms. The third-order valence-electron chi connectivity index (χ3n) is 4.03. The van der Waals surface area contributed by atoms with Crippen molar-refractivity contribution in [2.45, 2.75) is 23.6 Å². The molecule has 0 spiro atoms. The Labute approximate surface area is 151 Å². The van der Waals surface area contributed by atoms with Crippen molar-refractivity contribution in [3.05, 3.63) is 65.0 Å². The monoisotopic (exact) mass is 396 g/mol. The quantitative estimate of drug-likeness (QED) is 0.610. The molecule has 3 rings (SSSR count). The molecule has 0 aromatic heterocycles. The van der Waals surface area contributed by atoms with E-state index in [9.17, 15) is 21.2 Å². The highest BCUT2D eigenvalue weighted by molar-refractivity contribution is 7.91. The molecular weight excluding hydrogens is 379 g/mol. The van der Waals surface area contributed by atoms with Gasteiger partial charge in [-0.3, -0.25) is 0 Å². The summed E-state index contributed by atoms with van der Waals surface area (Å²) in [5.41, 5.74) is 4.14. The van der Waals surface area contributed by atoms with E-state index in [1.807, 2.05) is 0 Å². The number of sulfonamides is 1. The molecule has 1 heterocycles. The summed E-state index contributed by atoms with van der Waals surface area (Å²) in [6.07, 6.45) is 1.31. The van der Waals surface area contributed by atoms with E-state index in [0.29, 0.717) is 5.56 Å². The molecule has 1 aliphatic heterocycles. The molecule has 0 fully saturated rings. The maximum Gasteiger partial charge on any atom is 0.257 e. The first-order valence-corrected chi connectivity index (χ1v) is 10.8. The van der Waals surface area contributed by atoms with Gasteiger partial charge in [0, 0.05) is 5.56 Å². The van der Waals surface area contributed by atoms with Gasteiger partial charge in [0.2, 0.25) is 0 Å². The number of benzene rings is 2. The smallest absolute Gasteiger partial charge is 0.257 e. The van der Waals surface area contributed by atoms with Gasteiger partial charge in [0.05, 0.1) is 21.2 Å². The first-order valence-electron chi connectivity index (χ1n) is 7.68. The average molecular weight is 396 g/mol. The first-order chi connectivity index (χ1) is 12.1. The van der Waals surface area contributed by atoms with Crippen LogP contribution in [0.25, 0.3) is 5.70 Å². The Hall–Kier alpha value is -2.23. The summed E-state index contributed by atoms with van der Waals surface area (Å²) in [7, 11) is -7.47. The molecule has 9 heteroatoms. The second-order valence-corrected chi connectivity index (χ2v) is 9.69. The van der Waals surface area contributed by atoms with Crippen LogP contribution in [0, 0.1) is 19.7 Å². The normalized spacial score (nSPS) is 15.9. The fraction of sp³-hybridized carbons (Fsp3) is 0.176. The minimum Gasteiger partial charge on any atom is -0.308 e. The first kappa shape index (κ1) is 18.6. The zero-order valence-electron chi connectivity index (χ0n) is 14.1. The fourth-order valence-electron chi connectivity index (χ4n) is 2.67. The maximum atomic E-state index is 13.6. The summed E-state index contributed by atoms with van der Waals surface area (Å²) >= 11 is 0. The van der Waals surface area contributed by atoms with Crippen molar-refractivity contribution in [2.75, 3.05) is 5.75 Å². The molecule has 26 heavy (non-hydrogen) atoms. The van der Waals surface area contributed by atoms with E-state index in [-0.39, 0.29) is 26.8 Å². The molecule has 0 unspecified atom stereocenters. The fourth-order valence-corrected chi connectivity index (χ4v) is 5.20. The number of aryl methyl sites for hydroxylation is 2. The Kier molecular flexibility index (Phi) is 4.63. The third kappa shape index (κ3) is 3.50. The van der Waals surface area contributed by atoms with Crippen LogP contribution in [0.2, 0.25) is 0 Å². The van der Waals surface area contributed by atoms with E-state index in [1.165, 1.54) is 18.2 Å². The largest absolute Gasteiger partial charge is 0.308 e. The lowest BCUT2D eigenvalue weighted by atomic mass is 10.1. The van der Waals surface area contributed by atoms with Crippen LogP contribution in [-0.2, 0) is 19.9 Å². The number of halogens is 1. The molecule has 0 saturated heterocycles. The van der Waals surface area contributed by atoms with Crippen LogP contribution < -0.4 is 10.3 Å². The standard InChI is InChI=1S/C17H17FN2O4S2/c1-11-3-4-12(2)17(9-11)26(23,24)20-19-15-7-8-25(21,22)16-6-5-13(18)10-14(15)16/h3-7,9-10,19-20H,8H2,1-2H3. The summed E-state index contributed by atoms with van der Waals surface area (Å²) < 4.78 is 62.9. The summed E-state index contributed by atoms with van der Waals surface area (Å²) in [6.45, 7) is 3.45.